The summed E-state index contributed by atoms with van der Waals surface area (Å²) in [5, 5.41) is 4.18. The van der Waals surface area contributed by atoms with E-state index in [-0.39, 0.29) is 0 Å². The molecule has 5 nitrogen and oxygen atoms in total. The Morgan fingerprint density at radius 2 is 2.00 bits per heavy atom. The van der Waals surface area contributed by atoms with Crippen LogP contribution in [0.15, 0.2) is 24.3 Å². The highest BCUT2D eigenvalue weighted by Gasteiger charge is 2.07. The van der Waals surface area contributed by atoms with Crippen LogP contribution in [0.5, 0.6) is 6.01 Å². The lowest BCUT2D eigenvalue weighted by atomic mass is 10.1. The Labute approximate surface area is 100 Å². The van der Waals surface area contributed by atoms with E-state index < -0.39 is 0 Å². The standard InChI is InChI=1S/C12H16N4O/c1-3-17-12-14-11(13)16(15-12)8-10-6-4-9(2)5-7-10/h4-7H,3,8H2,1-2H3,(H2,13,14,15). The van der Waals surface area contributed by atoms with Gasteiger partial charge in [-0.2, -0.15) is 4.98 Å². The zero-order valence-corrected chi connectivity index (χ0v) is 10.1. The Bertz CT molecular complexity index is 490. The molecule has 90 valence electrons. The summed E-state index contributed by atoms with van der Waals surface area (Å²) in [6, 6.07) is 8.56. The maximum Gasteiger partial charge on any atom is 0.337 e. The lowest BCUT2D eigenvalue weighted by molar-refractivity contribution is 0.311. The molecule has 1 aromatic heterocycles. The highest BCUT2D eigenvalue weighted by molar-refractivity contribution is 5.24. The third-order valence-electron chi connectivity index (χ3n) is 2.41. The van der Waals surface area contributed by atoms with E-state index in [9.17, 15) is 0 Å². The minimum atomic E-state index is 0.331. The van der Waals surface area contributed by atoms with Crippen molar-refractivity contribution in [2.45, 2.75) is 20.4 Å². The van der Waals surface area contributed by atoms with E-state index in [1.807, 2.05) is 6.92 Å². The van der Waals surface area contributed by atoms with E-state index in [1.165, 1.54) is 5.56 Å². The predicted octanol–water partition coefficient (Wildman–Crippen LogP) is 1.62. The van der Waals surface area contributed by atoms with Gasteiger partial charge >= 0.3 is 6.01 Å². The fraction of sp³-hybridized carbons (Fsp3) is 0.333. The first-order chi connectivity index (χ1) is 8.19. The van der Waals surface area contributed by atoms with E-state index >= 15 is 0 Å². The molecule has 0 saturated heterocycles. The van der Waals surface area contributed by atoms with Crippen LogP contribution in [0.3, 0.4) is 0 Å². The van der Waals surface area contributed by atoms with Crippen molar-refractivity contribution in [1.29, 1.82) is 0 Å². The molecule has 1 aromatic carbocycles. The predicted molar refractivity (Wildman–Crippen MR) is 65.9 cm³/mol. The molecule has 0 aliphatic heterocycles. The van der Waals surface area contributed by atoms with Crippen molar-refractivity contribution in [3.05, 3.63) is 35.4 Å². The van der Waals surface area contributed by atoms with Crippen LogP contribution >= 0.6 is 0 Å². The lowest BCUT2D eigenvalue weighted by Gasteiger charge is -2.03. The fourth-order valence-corrected chi connectivity index (χ4v) is 1.51. The summed E-state index contributed by atoms with van der Waals surface area (Å²) in [5.74, 6) is 0.369. The number of anilines is 1. The number of benzene rings is 1. The fourth-order valence-electron chi connectivity index (χ4n) is 1.51. The molecule has 0 radical (unpaired) electrons. The number of nitrogen functional groups attached to an aromatic ring is 1. The number of ether oxygens (including phenoxy) is 1. The molecular formula is C12H16N4O. The van der Waals surface area contributed by atoms with Crippen LogP contribution in [0, 0.1) is 6.92 Å². The van der Waals surface area contributed by atoms with Gasteiger partial charge in [0, 0.05) is 0 Å². The highest BCUT2D eigenvalue weighted by Crippen LogP contribution is 2.11. The monoisotopic (exact) mass is 232 g/mol. The van der Waals surface area contributed by atoms with Gasteiger partial charge in [-0.25, -0.2) is 4.68 Å². The molecule has 2 rings (SSSR count). The summed E-state index contributed by atoms with van der Waals surface area (Å²) >= 11 is 0. The highest BCUT2D eigenvalue weighted by atomic mass is 16.5. The molecule has 0 aliphatic rings. The van der Waals surface area contributed by atoms with Crippen LogP contribution in [-0.2, 0) is 6.54 Å². The average molecular weight is 232 g/mol. The quantitative estimate of drug-likeness (QED) is 0.869. The van der Waals surface area contributed by atoms with Crippen molar-refractivity contribution >= 4 is 5.95 Å². The Morgan fingerprint density at radius 1 is 1.29 bits per heavy atom. The first-order valence-electron chi connectivity index (χ1n) is 5.57. The zero-order chi connectivity index (χ0) is 12.3. The van der Waals surface area contributed by atoms with E-state index in [1.54, 1.807) is 4.68 Å². The second kappa shape index (κ2) is 4.86. The van der Waals surface area contributed by atoms with Crippen LogP contribution in [-0.4, -0.2) is 21.4 Å². The van der Waals surface area contributed by atoms with E-state index in [0.717, 1.165) is 5.56 Å². The molecule has 0 fully saturated rings. The summed E-state index contributed by atoms with van der Waals surface area (Å²) in [6.45, 7) is 5.08. The largest absolute Gasteiger partial charge is 0.463 e. The molecule has 0 atom stereocenters. The van der Waals surface area contributed by atoms with Gasteiger partial charge in [0.1, 0.15) is 0 Å². The number of nitrogens with two attached hydrogens (primary N) is 1. The Morgan fingerprint density at radius 3 is 2.65 bits per heavy atom. The summed E-state index contributed by atoms with van der Waals surface area (Å²) < 4.78 is 6.84. The molecule has 2 N–H and O–H groups in total. The Hall–Kier alpha value is -2.04. The molecule has 0 aliphatic carbocycles. The van der Waals surface area contributed by atoms with Gasteiger partial charge in [-0.05, 0) is 19.4 Å². The van der Waals surface area contributed by atoms with Gasteiger partial charge in [-0.3, -0.25) is 0 Å². The van der Waals surface area contributed by atoms with Crippen LogP contribution in [0.25, 0.3) is 0 Å². The van der Waals surface area contributed by atoms with Crippen molar-refractivity contribution in [3.8, 4) is 6.01 Å². The van der Waals surface area contributed by atoms with Crippen LogP contribution in [0.1, 0.15) is 18.1 Å². The number of aromatic nitrogens is 3. The minimum absolute atomic E-state index is 0.331. The van der Waals surface area contributed by atoms with Crippen LogP contribution < -0.4 is 10.5 Å². The summed E-state index contributed by atoms with van der Waals surface area (Å²) in [6.07, 6.45) is 0. The zero-order valence-electron chi connectivity index (χ0n) is 10.1. The first-order valence-corrected chi connectivity index (χ1v) is 5.57. The summed E-state index contributed by atoms with van der Waals surface area (Å²) in [7, 11) is 0. The maximum absolute atomic E-state index is 5.76. The molecule has 0 spiro atoms. The van der Waals surface area contributed by atoms with Gasteiger partial charge in [0.2, 0.25) is 5.95 Å². The Kier molecular flexibility index (Phi) is 3.27. The first kappa shape index (κ1) is 11.4. The number of rotatable bonds is 4. The van der Waals surface area contributed by atoms with Gasteiger partial charge < -0.3 is 10.5 Å². The topological polar surface area (TPSA) is 66.0 Å². The molecule has 0 bridgehead atoms. The van der Waals surface area contributed by atoms with Crippen molar-refractivity contribution in [1.82, 2.24) is 14.8 Å². The molecule has 0 amide bonds. The smallest absolute Gasteiger partial charge is 0.337 e. The summed E-state index contributed by atoms with van der Waals surface area (Å²) in [5.41, 5.74) is 8.13. The third kappa shape index (κ3) is 2.75. The molecule has 17 heavy (non-hydrogen) atoms. The van der Waals surface area contributed by atoms with Gasteiger partial charge in [-0.1, -0.05) is 29.8 Å². The molecule has 5 heteroatoms. The number of hydrogen-bond donors (Lipinski definition) is 1. The van der Waals surface area contributed by atoms with Crippen molar-refractivity contribution in [3.63, 3.8) is 0 Å². The molecule has 1 heterocycles. The van der Waals surface area contributed by atoms with Gasteiger partial charge in [-0.15, -0.1) is 5.10 Å². The van der Waals surface area contributed by atoms with Crippen LogP contribution in [0.2, 0.25) is 0 Å². The minimum Gasteiger partial charge on any atom is -0.463 e. The lowest BCUT2D eigenvalue weighted by Crippen LogP contribution is -2.06. The molecule has 0 saturated carbocycles. The van der Waals surface area contributed by atoms with E-state index in [4.69, 9.17) is 10.5 Å². The molecular weight excluding hydrogens is 216 g/mol. The molecule has 0 unspecified atom stereocenters. The van der Waals surface area contributed by atoms with Crippen molar-refractivity contribution in [2.75, 3.05) is 12.3 Å². The van der Waals surface area contributed by atoms with Gasteiger partial charge in [0.15, 0.2) is 0 Å². The number of hydrogen-bond acceptors (Lipinski definition) is 4. The third-order valence-corrected chi connectivity index (χ3v) is 2.41. The second-order valence-electron chi connectivity index (χ2n) is 3.83. The number of aryl methyl sites for hydroxylation is 1. The second-order valence-corrected chi connectivity index (χ2v) is 3.83. The van der Waals surface area contributed by atoms with Gasteiger partial charge in [0.25, 0.3) is 0 Å². The number of nitrogens with zero attached hydrogens (tertiary/aromatic N) is 3. The van der Waals surface area contributed by atoms with Gasteiger partial charge in [0.05, 0.1) is 13.2 Å². The normalized spacial score (nSPS) is 10.5. The Balaban J connectivity index is 2.15. The van der Waals surface area contributed by atoms with Crippen molar-refractivity contribution < 1.29 is 4.74 Å². The average Bonchev–Trinajstić information content (AvgIpc) is 2.63. The molecule has 2 aromatic rings. The SMILES string of the molecule is CCOc1nc(N)n(Cc2ccc(C)cc2)n1. The maximum atomic E-state index is 5.76. The van der Waals surface area contributed by atoms with Crippen molar-refractivity contribution in [2.24, 2.45) is 0 Å². The van der Waals surface area contributed by atoms with Crippen LogP contribution in [0.4, 0.5) is 5.95 Å². The summed E-state index contributed by atoms with van der Waals surface area (Å²) in [4.78, 5) is 4.02. The van der Waals surface area contributed by atoms with E-state index in [2.05, 4.69) is 41.3 Å². The van der Waals surface area contributed by atoms with E-state index in [0.29, 0.717) is 25.1 Å².